The van der Waals surface area contributed by atoms with Crippen LogP contribution in [0.4, 0.5) is 5.69 Å². The maximum Gasteiger partial charge on any atom is 0.288 e. The van der Waals surface area contributed by atoms with Gasteiger partial charge in [-0.1, -0.05) is 6.92 Å². The van der Waals surface area contributed by atoms with E-state index in [2.05, 4.69) is 4.98 Å². The standard InChI is InChI=1S/C9H8ClN3O2S/c1-6(3-10)16-9-7(4-11)2-8(5-12-9)13(14)15/h2,5-6H,3H2,1H3. The lowest BCUT2D eigenvalue weighted by Crippen LogP contribution is -2.00. The van der Waals surface area contributed by atoms with Crippen LogP contribution in [0.25, 0.3) is 0 Å². The van der Waals surface area contributed by atoms with Crippen molar-refractivity contribution in [1.29, 1.82) is 5.26 Å². The zero-order chi connectivity index (χ0) is 12.1. The van der Waals surface area contributed by atoms with Gasteiger partial charge in [-0.15, -0.1) is 23.4 Å². The average Bonchev–Trinajstić information content (AvgIpc) is 2.29. The Morgan fingerprint density at radius 3 is 3.00 bits per heavy atom. The SMILES string of the molecule is CC(CCl)Sc1ncc([N+](=O)[O-])cc1C#N. The Morgan fingerprint density at radius 1 is 1.81 bits per heavy atom. The molecule has 1 rings (SSSR count). The number of nitro groups is 1. The summed E-state index contributed by atoms with van der Waals surface area (Å²) >= 11 is 6.97. The van der Waals surface area contributed by atoms with Gasteiger partial charge < -0.3 is 0 Å². The van der Waals surface area contributed by atoms with Gasteiger partial charge in [-0.3, -0.25) is 10.1 Å². The Kier molecular flexibility index (Phi) is 4.52. The highest BCUT2D eigenvalue weighted by Crippen LogP contribution is 2.27. The van der Waals surface area contributed by atoms with Gasteiger partial charge in [0, 0.05) is 17.2 Å². The van der Waals surface area contributed by atoms with Gasteiger partial charge in [0.2, 0.25) is 0 Å². The van der Waals surface area contributed by atoms with Crippen molar-refractivity contribution in [3.8, 4) is 6.07 Å². The number of rotatable bonds is 4. The first kappa shape index (κ1) is 12.7. The monoisotopic (exact) mass is 257 g/mol. The van der Waals surface area contributed by atoms with Crippen molar-refractivity contribution in [1.82, 2.24) is 4.98 Å². The molecular weight excluding hydrogens is 250 g/mol. The lowest BCUT2D eigenvalue weighted by atomic mass is 10.3. The molecule has 5 nitrogen and oxygen atoms in total. The molecule has 0 aliphatic rings. The summed E-state index contributed by atoms with van der Waals surface area (Å²) in [5.74, 6) is 0.425. The first-order valence-corrected chi connectivity index (χ1v) is 5.77. The van der Waals surface area contributed by atoms with Crippen molar-refractivity contribution in [3.05, 3.63) is 27.9 Å². The van der Waals surface area contributed by atoms with E-state index in [1.54, 1.807) is 0 Å². The number of nitriles is 1. The molecule has 7 heteroatoms. The largest absolute Gasteiger partial charge is 0.288 e. The van der Waals surface area contributed by atoms with Crippen LogP contribution >= 0.6 is 23.4 Å². The molecule has 16 heavy (non-hydrogen) atoms. The molecule has 84 valence electrons. The molecular formula is C9H8ClN3O2S. The smallest absolute Gasteiger partial charge is 0.258 e. The van der Waals surface area contributed by atoms with Crippen molar-refractivity contribution in [2.24, 2.45) is 0 Å². The quantitative estimate of drug-likeness (QED) is 0.358. The number of hydrogen-bond donors (Lipinski definition) is 0. The summed E-state index contributed by atoms with van der Waals surface area (Å²) in [6.07, 6.45) is 1.14. The third-order valence-corrected chi connectivity index (χ3v) is 3.46. The molecule has 0 saturated carbocycles. The molecule has 0 fully saturated rings. The molecule has 1 unspecified atom stereocenters. The normalized spacial score (nSPS) is 11.8. The van der Waals surface area contributed by atoms with Crippen LogP contribution in [0, 0.1) is 21.4 Å². The number of nitrogens with zero attached hydrogens (tertiary/aromatic N) is 3. The van der Waals surface area contributed by atoms with Crippen molar-refractivity contribution in [2.75, 3.05) is 5.88 Å². The maximum atomic E-state index is 10.5. The number of halogens is 1. The van der Waals surface area contributed by atoms with Crippen molar-refractivity contribution in [3.63, 3.8) is 0 Å². The third kappa shape index (κ3) is 3.08. The minimum Gasteiger partial charge on any atom is -0.258 e. The zero-order valence-corrected chi connectivity index (χ0v) is 9.96. The van der Waals surface area contributed by atoms with Gasteiger partial charge in [-0.25, -0.2) is 4.98 Å². The van der Waals surface area contributed by atoms with Crippen molar-refractivity contribution in [2.45, 2.75) is 17.2 Å². The van der Waals surface area contributed by atoms with Gasteiger partial charge in [0.1, 0.15) is 17.3 Å². The molecule has 1 heterocycles. The van der Waals surface area contributed by atoms with Gasteiger partial charge in [-0.2, -0.15) is 5.26 Å². The number of pyridine rings is 1. The van der Waals surface area contributed by atoms with E-state index in [1.807, 2.05) is 13.0 Å². The van der Waals surface area contributed by atoms with E-state index < -0.39 is 4.92 Å². The van der Waals surface area contributed by atoms with Gasteiger partial charge in [-0.05, 0) is 0 Å². The summed E-state index contributed by atoms with van der Waals surface area (Å²) in [4.78, 5) is 13.8. The Hall–Kier alpha value is -1.32. The second kappa shape index (κ2) is 5.68. The highest BCUT2D eigenvalue weighted by Gasteiger charge is 2.14. The highest BCUT2D eigenvalue weighted by atomic mass is 35.5. The number of alkyl halides is 1. The van der Waals surface area contributed by atoms with E-state index in [1.165, 1.54) is 17.8 Å². The second-order valence-electron chi connectivity index (χ2n) is 3.00. The molecule has 0 spiro atoms. The van der Waals surface area contributed by atoms with E-state index in [0.29, 0.717) is 10.9 Å². The highest BCUT2D eigenvalue weighted by molar-refractivity contribution is 8.00. The van der Waals surface area contributed by atoms with E-state index in [-0.39, 0.29) is 16.5 Å². The summed E-state index contributed by atoms with van der Waals surface area (Å²) < 4.78 is 0. The number of aromatic nitrogens is 1. The summed E-state index contributed by atoms with van der Waals surface area (Å²) in [6, 6.07) is 3.11. The fraction of sp³-hybridized carbons (Fsp3) is 0.333. The lowest BCUT2D eigenvalue weighted by molar-refractivity contribution is -0.385. The molecule has 0 N–H and O–H groups in total. The fourth-order valence-corrected chi connectivity index (χ4v) is 1.92. The first-order valence-electron chi connectivity index (χ1n) is 4.35. The minimum absolute atomic E-state index is 0.0997. The van der Waals surface area contributed by atoms with E-state index in [4.69, 9.17) is 16.9 Å². The summed E-state index contributed by atoms with van der Waals surface area (Å²) in [6.45, 7) is 1.89. The maximum absolute atomic E-state index is 10.5. The molecule has 1 atom stereocenters. The van der Waals surface area contributed by atoms with Gasteiger partial charge in [0.25, 0.3) is 5.69 Å². The molecule has 0 aromatic carbocycles. The fourth-order valence-electron chi connectivity index (χ4n) is 0.937. The summed E-state index contributed by atoms with van der Waals surface area (Å²) in [5, 5.41) is 19.9. The molecule has 0 radical (unpaired) electrons. The van der Waals surface area contributed by atoms with E-state index >= 15 is 0 Å². The predicted octanol–water partition coefficient (Wildman–Crippen LogP) is 2.58. The predicted molar refractivity (Wildman–Crippen MR) is 61.6 cm³/mol. The number of thioether (sulfide) groups is 1. The Balaban J connectivity index is 3.03. The molecule has 0 aliphatic carbocycles. The molecule has 0 saturated heterocycles. The van der Waals surface area contributed by atoms with Crippen LogP contribution < -0.4 is 0 Å². The van der Waals surface area contributed by atoms with E-state index in [0.717, 1.165) is 6.20 Å². The van der Waals surface area contributed by atoms with E-state index in [9.17, 15) is 10.1 Å². The molecule has 0 bridgehead atoms. The van der Waals surface area contributed by atoms with Crippen LogP contribution in [0.5, 0.6) is 0 Å². The molecule has 1 aromatic rings. The summed E-state index contributed by atoms with van der Waals surface area (Å²) in [7, 11) is 0. The molecule has 0 aliphatic heterocycles. The van der Waals surface area contributed by atoms with Crippen LogP contribution in [0.3, 0.4) is 0 Å². The van der Waals surface area contributed by atoms with Crippen LogP contribution in [-0.4, -0.2) is 21.0 Å². The van der Waals surface area contributed by atoms with Crippen LogP contribution in [0.15, 0.2) is 17.3 Å². The van der Waals surface area contributed by atoms with Crippen LogP contribution in [0.2, 0.25) is 0 Å². The second-order valence-corrected chi connectivity index (χ2v) is 4.73. The molecule has 1 aromatic heterocycles. The Bertz CT molecular complexity index is 447. The van der Waals surface area contributed by atoms with Crippen LogP contribution in [0.1, 0.15) is 12.5 Å². The first-order chi connectivity index (χ1) is 7.58. The van der Waals surface area contributed by atoms with Gasteiger partial charge in [0.15, 0.2) is 0 Å². The third-order valence-electron chi connectivity index (χ3n) is 1.70. The van der Waals surface area contributed by atoms with Crippen LogP contribution in [-0.2, 0) is 0 Å². The topological polar surface area (TPSA) is 79.8 Å². The molecule has 0 amide bonds. The number of hydrogen-bond acceptors (Lipinski definition) is 5. The summed E-state index contributed by atoms with van der Waals surface area (Å²) in [5.41, 5.74) is 0.0237. The minimum atomic E-state index is -0.576. The van der Waals surface area contributed by atoms with Crippen molar-refractivity contribution < 1.29 is 4.92 Å². The van der Waals surface area contributed by atoms with Gasteiger partial charge in [0.05, 0.1) is 10.5 Å². The lowest BCUT2D eigenvalue weighted by Gasteiger charge is -2.06. The average molecular weight is 258 g/mol. The van der Waals surface area contributed by atoms with Crippen molar-refractivity contribution >= 4 is 29.1 Å². The Labute approximate surface area is 102 Å². The zero-order valence-electron chi connectivity index (χ0n) is 8.38. The Morgan fingerprint density at radius 2 is 2.50 bits per heavy atom. The van der Waals surface area contributed by atoms with Gasteiger partial charge >= 0.3 is 0 Å².